The van der Waals surface area contributed by atoms with Gasteiger partial charge in [-0.3, -0.25) is 4.79 Å². The fourth-order valence-corrected chi connectivity index (χ4v) is 1.85. The molecule has 0 atom stereocenters. The number of aromatic nitrogens is 1. The van der Waals surface area contributed by atoms with Crippen molar-refractivity contribution < 1.29 is 9.13 Å². The number of nitriles is 1. The summed E-state index contributed by atoms with van der Waals surface area (Å²) >= 11 is 0. The smallest absolute Gasteiger partial charge is 0.266 e. The van der Waals surface area contributed by atoms with Gasteiger partial charge in [-0.1, -0.05) is 6.07 Å². The lowest BCUT2D eigenvalue weighted by atomic mass is 10.0. The van der Waals surface area contributed by atoms with Crippen molar-refractivity contribution in [1.82, 2.24) is 4.98 Å². The predicted molar refractivity (Wildman–Crippen MR) is 68.5 cm³/mol. The summed E-state index contributed by atoms with van der Waals surface area (Å²) in [4.78, 5) is 14.3. The van der Waals surface area contributed by atoms with E-state index in [2.05, 4.69) is 4.98 Å². The summed E-state index contributed by atoms with van der Waals surface area (Å²) < 4.78 is 18.3. The van der Waals surface area contributed by atoms with Gasteiger partial charge in [0.05, 0.1) is 7.11 Å². The van der Waals surface area contributed by atoms with Crippen LogP contribution in [0.4, 0.5) is 4.39 Å². The molecule has 5 heteroatoms. The van der Waals surface area contributed by atoms with Crippen LogP contribution in [0.3, 0.4) is 0 Å². The first-order valence-electron chi connectivity index (χ1n) is 5.54. The van der Waals surface area contributed by atoms with Crippen molar-refractivity contribution in [3.63, 3.8) is 0 Å². The van der Waals surface area contributed by atoms with Gasteiger partial charge in [-0.25, -0.2) is 4.39 Å². The Morgan fingerprint density at radius 2 is 2.11 bits per heavy atom. The van der Waals surface area contributed by atoms with Crippen molar-refractivity contribution in [2.75, 3.05) is 7.11 Å². The summed E-state index contributed by atoms with van der Waals surface area (Å²) in [6.45, 7) is 1.72. The Bertz CT molecular complexity index is 729. The molecule has 2 rings (SSSR count). The number of rotatable bonds is 2. The predicted octanol–water partition coefficient (Wildman–Crippen LogP) is 2.37. The maximum Gasteiger partial charge on any atom is 0.266 e. The van der Waals surface area contributed by atoms with Gasteiger partial charge in [-0.05, 0) is 30.7 Å². The number of nitrogens with zero attached hydrogens (tertiary/aromatic N) is 1. The van der Waals surface area contributed by atoms with Gasteiger partial charge in [-0.2, -0.15) is 5.26 Å². The molecule has 0 fully saturated rings. The van der Waals surface area contributed by atoms with Crippen molar-refractivity contribution in [3.05, 3.63) is 51.7 Å². The zero-order valence-electron chi connectivity index (χ0n) is 10.5. The van der Waals surface area contributed by atoms with Gasteiger partial charge in [0.15, 0.2) is 11.6 Å². The molecule has 1 heterocycles. The standard InChI is InChI=1S/C14H11FN2O2/c1-8-5-10(11(7-16)14(18)17-8)9-3-4-12(15)13(6-9)19-2/h3-6H,1-2H3,(H,17,18). The Balaban J connectivity index is 2.72. The Morgan fingerprint density at radius 3 is 2.74 bits per heavy atom. The summed E-state index contributed by atoms with van der Waals surface area (Å²) in [5, 5.41) is 9.06. The van der Waals surface area contributed by atoms with Gasteiger partial charge >= 0.3 is 0 Å². The minimum Gasteiger partial charge on any atom is -0.494 e. The molecule has 0 saturated carbocycles. The monoisotopic (exact) mass is 258 g/mol. The summed E-state index contributed by atoms with van der Waals surface area (Å²) in [7, 11) is 1.36. The zero-order chi connectivity index (χ0) is 14.0. The first-order valence-corrected chi connectivity index (χ1v) is 5.54. The average molecular weight is 258 g/mol. The van der Waals surface area contributed by atoms with Crippen molar-refractivity contribution in [2.45, 2.75) is 6.92 Å². The second-order valence-electron chi connectivity index (χ2n) is 4.03. The fourth-order valence-electron chi connectivity index (χ4n) is 1.85. The molecular formula is C14H11FN2O2. The van der Waals surface area contributed by atoms with Gasteiger partial charge < -0.3 is 9.72 Å². The van der Waals surface area contributed by atoms with Gasteiger partial charge in [0.2, 0.25) is 0 Å². The Kier molecular flexibility index (Phi) is 3.34. The number of ether oxygens (including phenoxy) is 1. The van der Waals surface area contributed by atoms with Crippen molar-refractivity contribution in [2.24, 2.45) is 0 Å². The molecule has 96 valence electrons. The van der Waals surface area contributed by atoms with Crippen molar-refractivity contribution in [3.8, 4) is 22.9 Å². The van der Waals surface area contributed by atoms with Crippen LogP contribution in [0.25, 0.3) is 11.1 Å². The third kappa shape index (κ3) is 2.33. The van der Waals surface area contributed by atoms with Crippen LogP contribution in [0.5, 0.6) is 5.75 Å². The molecule has 0 amide bonds. The van der Waals surface area contributed by atoms with Gasteiger partial charge in [0, 0.05) is 11.3 Å². The average Bonchev–Trinajstić information content (AvgIpc) is 2.38. The molecule has 0 aliphatic heterocycles. The second kappa shape index (κ2) is 4.94. The van der Waals surface area contributed by atoms with Crippen molar-refractivity contribution >= 4 is 0 Å². The lowest BCUT2D eigenvalue weighted by Gasteiger charge is -2.08. The summed E-state index contributed by atoms with van der Waals surface area (Å²) in [5.41, 5.74) is 1.19. The highest BCUT2D eigenvalue weighted by atomic mass is 19.1. The Labute approximate surface area is 109 Å². The number of pyridine rings is 1. The summed E-state index contributed by atoms with van der Waals surface area (Å²) in [6.07, 6.45) is 0. The molecule has 0 unspecified atom stereocenters. The van der Waals surface area contributed by atoms with E-state index in [4.69, 9.17) is 10.00 Å². The van der Waals surface area contributed by atoms with E-state index in [1.165, 1.54) is 25.3 Å². The third-order valence-electron chi connectivity index (χ3n) is 2.74. The fraction of sp³-hybridized carbons (Fsp3) is 0.143. The molecule has 0 bridgehead atoms. The third-order valence-corrected chi connectivity index (χ3v) is 2.74. The highest BCUT2D eigenvalue weighted by molar-refractivity contribution is 5.71. The van der Waals surface area contributed by atoms with Gasteiger partial charge in [-0.15, -0.1) is 0 Å². The van der Waals surface area contributed by atoms with E-state index >= 15 is 0 Å². The lowest BCUT2D eigenvalue weighted by Crippen LogP contribution is -2.12. The van der Waals surface area contributed by atoms with Crippen molar-refractivity contribution in [1.29, 1.82) is 5.26 Å². The van der Waals surface area contributed by atoms with Crippen LogP contribution in [0.2, 0.25) is 0 Å². The van der Waals surface area contributed by atoms with Crippen LogP contribution in [0.1, 0.15) is 11.3 Å². The highest BCUT2D eigenvalue weighted by Gasteiger charge is 2.12. The first kappa shape index (κ1) is 12.8. The largest absolute Gasteiger partial charge is 0.494 e. The van der Waals surface area contributed by atoms with E-state index in [9.17, 15) is 9.18 Å². The Morgan fingerprint density at radius 1 is 1.37 bits per heavy atom. The zero-order valence-corrected chi connectivity index (χ0v) is 10.5. The maximum atomic E-state index is 13.4. The topological polar surface area (TPSA) is 65.9 Å². The van der Waals surface area contributed by atoms with Crippen LogP contribution in [-0.4, -0.2) is 12.1 Å². The number of hydrogen-bond donors (Lipinski definition) is 1. The minimum atomic E-state index is -0.494. The van der Waals surface area contributed by atoms with Crippen LogP contribution >= 0.6 is 0 Å². The lowest BCUT2D eigenvalue weighted by molar-refractivity contribution is 0.387. The molecule has 19 heavy (non-hydrogen) atoms. The molecule has 1 aromatic heterocycles. The van der Waals surface area contributed by atoms with E-state index in [-0.39, 0.29) is 11.3 Å². The number of aromatic amines is 1. The molecule has 0 aliphatic carbocycles. The van der Waals surface area contributed by atoms with E-state index in [0.717, 1.165) is 0 Å². The molecule has 2 aromatic rings. The molecule has 0 aliphatic rings. The van der Waals surface area contributed by atoms with E-state index in [1.54, 1.807) is 13.0 Å². The minimum absolute atomic E-state index is 0.000684. The summed E-state index contributed by atoms with van der Waals surface area (Å²) in [6, 6.07) is 7.75. The van der Waals surface area contributed by atoms with Crippen LogP contribution < -0.4 is 10.3 Å². The molecule has 0 spiro atoms. The van der Waals surface area contributed by atoms with Gasteiger partial charge in [0.25, 0.3) is 5.56 Å². The number of nitrogens with one attached hydrogen (secondary N) is 1. The number of methoxy groups -OCH3 is 1. The SMILES string of the molecule is COc1cc(-c2cc(C)[nH]c(=O)c2C#N)ccc1F. The normalized spacial score (nSPS) is 10.0. The Hall–Kier alpha value is -2.61. The van der Waals surface area contributed by atoms with Crippen LogP contribution in [0.15, 0.2) is 29.1 Å². The van der Waals surface area contributed by atoms with Crippen LogP contribution in [-0.2, 0) is 0 Å². The second-order valence-corrected chi connectivity index (χ2v) is 4.03. The van der Waals surface area contributed by atoms with E-state index < -0.39 is 11.4 Å². The number of H-pyrrole nitrogens is 1. The number of benzene rings is 1. The highest BCUT2D eigenvalue weighted by Crippen LogP contribution is 2.27. The summed E-state index contributed by atoms with van der Waals surface area (Å²) in [5.74, 6) is -0.425. The van der Waals surface area contributed by atoms with Crippen LogP contribution in [0, 0.1) is 24.1 Å². The quantitative estimate of drug-likeness (QED) is 0.899. The molecular weight excluding hydrogens is 247 g/mol. The van der Waals surface area contributed by atoms with Gasteiger partial charge in [0.1, 0.15) is 11.6 Å². The number of aryl methyl sites for hydroxylation is 1. The van der Waals surface area contributed by atoms with E-state index in [1.807, 2.05) is 6.07 Å². The maximum absolute atomic E-state index is 13.4. The number of halogens is 1. The van der Waals surface area contributed by atoms with E-state index in [0.29, 0.717) is 16.8 Å². The molecule has 0 radical (unpaired) electrons. The first-order chi connectivity index (χ1) is 9.06. The molecule has 4 nitrogen and oxygen atoms in total. The molecule has 1 N–H and O–H groups in total. The molecule has 0 saturated heterocycles. The number of hydrogen-bond acceptors (Lipinski definition) is 3. The molecule has 1 aromatic carbocycles.